The average molecular weight is 252 g/mol. The molecule has 1 amide bonds. The molecular formula is C15H28N2O. The van der Waals surface area contributed by atoms with Gasteiger partial charge in [0.1, 0.15) is 0 Å². The first-order valence-corrected chi connectivity index (χ1v) is 7.78. The van der Waals surface area contributed by atoms with Crippen LogP contribution in [-0.2, 0) is 4.79 Å². The van der Waals surface area contributed by atoms with E-state index in [4.69, 9.17) is 0 Å². The van der Waals surface area contributed by atoms with E-state index in [0.29, 0.717) is 12.0 Å². The summed E-state index contributed by atoms with van der Waals surface area (Å²) in [7, 11) is 0. The Bertz CT molecular complexity index is 261. The van der Waals surface area contributed by atoms with Crippen molar-refractivity contribution in [2.24, 2.45) is 11.8 Å². The number of carbonyl (C=O) groups is 1. The highest BCUT2D eigenvalue weighted by atomic mass is 16.1. The second kappa shape index (κ2) is 7.13. The second-order valence-corrected chi connectivity index (χ2v) is 6.12. The number of hydrogen-bond donors (Lipinski definition) is 2. The molecule has 3 heteroatoms. The molecule has 2 N–H and O–H groups in total. The Hall–Kier alpha value is -0.570. The summed E-state index contributed by atoms with van der Waals surface area (Å²) in [6, 6.07) is 0.452. The van der Waals surface area contributed by atoms with Crippen molar-refractivity contribution in [2.75, 3.05) is 13.1 Å². The lowest BCUT2D eigenvalue weighted by Gasteiger charge is -2.30. The lowest BCUT2D eigenvalue weighted by molar-refractivity contribution is -0.123. The molecular weight excluding hydrogens is 224 g/mol. The molecule has 1 aliphatic carbocycles. The van der Waals surface area contributed by atoms with Crippen LogP contribution in [0, 0.1) is 11.8 Å². The molecule has 1 saturated carbocycles. The first kappa shape index (κ1) is 13.9. The molecule has 3 unspecified atom stereocenters. The van der Waals surface area contributed by atoms with E-state index < -0.39 is 0 Å². The molecule has 0 aromatic rings. The van der Waals surface area contributed by atoms with Crippen LogP contribution in [0.4, 0.5) is 0 Å². The molecule has 1 aliphatic heterocycles. The molecule has 104 valence electrons. The second-order valence-electron chi connectivity index (χ2n) is 6.12. The van der Waals surface area contributed by atoms with E-state index in [1.165, 1.54) is 44.9 Å². The van der Waals surface area contributed by atoms with Gasteiger partial charge >= 0.3 is 0 Å². The standard InChI is InChI=1S/C15H28N2O/c1-2-12-5-3-7-14(9-12)17-15(18)10-13-6-4-8-16-11-13/h12-14,16H,2-11H2,1H3,(H,17,18). The van der Waals surface area contributed by atoms with Gasteiger partial charge in [0, 0.05) is 12.5 Å². The van der Waals surface area contributed by atoms with Crippen LogP contribution in [0.3, 0.4) is 0 Å². The van der Waals surface area contributed by atoms with Crippen LogP contribution in [0.2, 0.25) is 0 Å². The Morgan fingerprint density at radius 2 is 2.06 bits per heavy atom. The number of amides is 1. The normalized spacial score (nSPS) is 33.1. The molecule has 3 nitrogen and oxygen atoms in total. The topological polar surface area (TPSA) is 41.1 Å². The molecule has 3 atom stereocenters. The van der Waals surface area contributed by atoms with Crippen molar-refractivity contribution in [3.05, 3.63) is 0 Å². The van der Waals surface area contributed by atoms with E-state index in [2.05, 4.69) is 17.6 Å². The summed E-state index contributed by atoms with van der Waals surface area (Å²) in [5, 5.41) is 6.64. The predicted molar refractivity (Wildman–Crippen MR) is 74.4 cm³/mol. The number of carbonyl (C=O) groups excluding carboxylic acids is 1. The maximum Gasteiger partial charge on any atom is 0.220 e. The highest BCUT2D eigenvalue weighted by Crippen LogP contribution is 2.26. The summed E-state index contributed by atoms with van der Waals surface area (Å²) in [6.07, 6.45) is 9.45. The zero-order valence-corrected chi connectivity index (χ0v) is 11.7. The third-order valence-corrected chi connectivity index (χ3v) is 4.60. The molecule has 1 heterocycles. The monoisotopic (exact) mass is 252 g/mol. The minimum Gasteiger partial charge on any atom is -0.353 e. The third-order valence-electron chi connectivity index (χ3n) is 4.60. The quantitative estimate of drug-likeness (QED) is 0.807. The molecule has 0 spiro atoms. The van der Waals surface area contributed by atoms with Crippen molar-refractivity contribution in [1.82, 2.24) is 10.6 Å². The molecule has 2 rings (SSSR count). The van der Waals surface area contributed by atoms with Gasteiger partial charge in [-0.1, -0.05) is 26.2 Å². The van der Waals surface area contributed by atoms with Gasteiger partial charge in [-0.2, -0.15) is 0 Å². The van der Waals surface area contributed by atoms with Crippen LogP contribution in [-0.4, -0.2) is 25.0 Å². The van der Waals surface area contributed by atoms with Crippen LogP contribution < -0.4 is 10.6 Å². The van der Waals surface area contributed by atoms with Crippen molar-refractivity contribution in [2.45, 2.75) is 64.3 Å². The molecule has 2 aliphatic rings. The fourth-order valence-electron chi connectivity index (χ4n) is 3.44. The molecule has 0 aromatic carbocycles. The number of nitrogens with one attached hydrogen (secondary N) is 2. The first-order chi connectivity index (χ1) is 8.78. The van der Waals surface area contributed by atoms with Gasteiger partial charge in [-0.15, -0.1) is 0 Å². The van der Waals surface area contributed by atoms with Gasteiger partial charge in [-0.05, 0) is 50.6 Å². The van der Waals surface area contributed by atoms with Crippen molar-refractivity contribution in [1.29, 1.82) is 0 Å². The van der Waals surface area contributed by atoms with Crippen LogP contribution in [0.5, 0.6) is 0 Å². The fourth-order valence-corrected chi connectivity index (χ4v) is 3.44. The van der Waals surface area contributed by atoms with E-state index in [-0.39, 0.29) is 5.91 Å². The van der Waals surface area contributed by atoms with Gasteiger partial charge < -0.3 is 10.6 Å². The van der Waals surface area contributed by atoms with E-state index in [0.717, 1.165) is 25.4 Å². The summed E-state index contributed by atoms with van der Waals surface area (Å²) in [5.74, 6) is 1.68. The third kappa shape index (κ3) is 4.27. The highest BCUT2D eigenvalue weighted by Gasteiger charge is 2.23. The maximum atomic E-state index is 12.0. The molecule has 18 heavy (non-hydrogen) atoms. The van der Waals surface area contributed by atoms with E-state index >= 15 is 0 Å². The smallest absolute Gasteiger partial charge is 0.220 e. The Morgan fingerprint density at radius 1 is 1.22 bits per heavy atom. The predicted octanol–water partition coefficient (Wildman–Crippen LogP) is 2.46. The summed E-state index contributed by atoms with van der Waals surface area (Å²) >= 11 is 0. The first-order valence-electron chi connectivity index (χ1n) is 7.78. The Kier molecular flexibility index (Phi) is 5.48. The lowest BCUT2D eigenvalue weighted by atomic mass is 9.84. The number of hydrogen-bond acceptors (Lipinski definition) is 2. The number of rotatable bonds is 4. The molecule has 1 saturated heterocycles. The summed E-state index contributed by atoms with van der Waals surface area (Å²) < 4.78 is 0. The lowest BCUT2D eigenvalue weighted by Crippen LogP contribution is -2.40. The van der Waals surface area contributed by atoms with Crippen LogP contribution >= 0.6 is 0 Å². The fraction of sp³-hybridized carbons (Fsp3) is 0.933. The van der Waals surface area contributed by atoms with Crippen molar-refractivity contribution in [3.63, 3.8) is 0 Å². The summed E-state index contributed by atoms with van der Waals surface area (Å²) in [4.78, 5) is 12.0. The van der Waals surface area contributed by atoms with Gasteiger partial charge in [0.25, 0.3) is 0 Å². The van der Waals surface area contributed by atoms with Gasteiger partial charge in [0.15, 0.2) is 0 Å². The summed E-state index contributed by atoms with van der Waals surface area (Å²) in [6.45, 7) is 4.41. The van der Waals surface area contributed by atoms with Crippen LogP contribution in [0.1, 0.15) is 58.3 Å². The van der Waals surface area contributed by atoms with Gasteiger partial charge in [0.2, 0.25) is 5.91 Å². The largest absolute Gasteiger partial charge is 0.353 e. The van der Waals surface area contributed by atoms with Gasteiger partial charge in [0.05, 0.1) is 0 Å². The minimum atomic E-state index is 0.283. The molecule has 2 fully saturated rings. The van der Waals surface area contributed by atoms with Crippen molar-refractivity contribution >= 4 is 5.91 Å². The minimum absolute atomic E-state index is 0.283. The zero-order chi connectivity index (χ0) is 12.8. The highest BCUT2D eigenvalue weighted by molar-refractivity contribution is 5.76. The van der Waals surface area contributed by atoms with E-state index in [1.807, 2.05) is 0 Å². The molecule has 0 aromatic heterocycles. The van der Waals surface area contributed by atoms with Crippen molar-refractivity contribution < 1.29 is 4.79 Å². The van der Waals surface area contributed by atoms with Gasteiger partial charge in [-0.25, -0.2) is 0 Å². The molecule has 0 radical (unpaired) electrons. The average Bonchev–Trinajstić information content (AvgIpc) is 2.40. The number of piperidine rings is 1. The summed E-state index contributed by atoms with van der Waals surface area (Å²) in [5.41, 5.74) is 0. The van der Waals surface area contributed by atoms with E-state index in [1.54, 1.807) is 0 Å². The van der Waals surface area contributed by atoms with Crippen molar-refractivity contribution in [3.8, 4) is 0 Å². The van der Waals surface area contributed by atoms with Gasteiger partial charge in [-0.3, -0.25) is 4.79 Å². The van der Waals surface area contributed by atoms with E-state index in [9.17, 15) is 4.79 Å². The maximum absolute atomic E-state index is 12.0. The van der Waals surface area contributed by atoms with Crippen LogP contribution in [0.25, 0.3) is 0 Å². The molecule has 0 bridgehead atoms. The Labute approximate surface area is 111 Å². The Balaban J connectivity index is 1.69. The zero-order valence-electron chi connectivity index (χ0n) is 11.7. The van der Waals surface area contributed by atoms with Crippen LogP contribution in [0.15, 0.2) is 0 Å². The Morgan fingerprint density at radius 3 is 2.78 bits per heavy atom. The SMILES string of the molecule is CCC1CCCC(NC(=O)CC2CCCNC2)C1.